The molecule has 3 rings (SSSR count). The van der Waals surface area contributed by atoms with E-state index < -0.39 is 29.3 Å². The molecule has 2 fully saturated rings. The van der Waals surface area contributed by atoms with E-state index in [0.717, 1.165) is 31.2 Å². The molecule has 7 nitrogen and oxygen atoms in total. The van der Waals surface area contributed by atoms with Crippen molar-refractivity contribution in [2.45, 2.75) is 69.6 Å². The van der Waals surface area contributed by atoms with Gasteiger partial charge < -0.3 is 14.6 Å². The molecule has 1 N–H and O–H groups in total. The minimum Gasteiger partial charge on any atom is -0.480 e. The molecule has 1 saturated heterocycles. The lowest BCUT2D eigenvalue weighted by molar-refractivity contribution is -0.150. The first-order chi connectivity index (χ1) is 13.1. The van der Waals surface area contributed by atoms with E-state index in [9.17, 15) is 14.7 Å². The van der Waals surface area contributed by atoms with Gasteiger partial charge in [0.05, 0.1) is 6.54 Å². The normalized spacial score (nSPS) is 23.9. The number of carbonyl (C=O) groups excluding carboxylic acids is 1. The van der Waals surface area contributed by atoms with E-state index >= 15 is 0 Å². The molecule has 1 aliphatic carbocycles. The molecule has 1 aliphatic heterocycles. The lowest BCUT2D eigenvalue weighted by Crippen LogP contribution is -2.47. The van der Waals surface area contributed by atoms with E-state index in [1.54, 1.807) is 17.2 Å². The number of pyridine rings is 1. The average Bonchev–Trinajstić information content (AvgIpc) is 3.18. The lowest BCUT2D eigenvalue weighted by atomic mass is 9.84. The Kier molecular flexibility index (Phi) is 5.74. The van der Waals surface area contributed by atoms with Gasteiger partial charge in [-0.1, -0.05) is 18.9 Å². The summed E-state index contributed by atoms with van der Waals surface area (Å²) in [6, 6.07) is 3.67. The fourth-order valence-electron chi connectivity index (χ4n) is 4.44. The molecule has 28 heavy (non-hydrogen) atoms. The van der Waals surface area contributed by atoms with Crippen LogP contribution in [0.4, 0.5) is 4.79 Å². The highest BCUT2D eigenvalue weighted by Crippen LogP contribution is 2.53. The molecule has 1 saturated carbocycles. The van der Waals surface area contributed by atoms with E-state index in [-0.39, 0.29) is 12.6 Å². The standard InChI is InChI=1S/C20H27BrN2O5/c1-18(2,3)28-17(26)23-13-20(27-11-15(24)25,12-19(23)8-4-5-9-19)14-7-6-10-22-16(14)21/h6-7,10H,4-5,8-9,11-13H2,1-3H3,(H,24,25). The zero-order valence-electron chi connectivity index (χ0n) is 16.5. The maximum Gasteiger partial charge on any atom is 0.410 e. The Morgan fingerprint density at radius 2 is 2.00 bits per heavy atom. The van der Waals surface area contributed by atoms with Gasteiger partial charge in [-0.25, -0.2) is 14.6 Å². The van der Waals surface area contributed by atoms with Crippen molar-refractivity contribution in [3.05, 3.63) is 28.5 Å². The maximum atomic E-state index is 13.1. The van der Waals surface area contributed by atoms with Crippen LogP contribution in [0.25, 0.3) is 0 Å². The molecule has 0 aromatic carbocycles. The van der Waals surface area contributed by atoms with E-state index in [1.807, 2.05) is 26.8 Å². The van der Waals surface area contributed by atoms with Crippen LogP contribution in [-0.4, -0.2) is 51.3 Å². The molecular weight excluding hydrogens is 428 g/mol. The predicted octanol–water partition coefficient (Wildman–Crippen LogP) is 4.09. The highest BCUT2D eigenvalue weighted by atomic mass is 79.9. The van der Waals surface area contributed by atoms with Gasteiger partial charge >= 0.3 is 12.1 Å². The zero-order chi connectivity index (χ0) is 20.6. The number of ether oxygens (including phenoxy) is 2. The summed E-state index contributed by atoms with van der Waals surface area (Å²) in [5.74, 6) is -1.05. The number of amides is 1. The number of carboxylic acids is 1. The number of hydrogen-bond acceptors (Lipinski definition) is 5. The van der Waals surface area contributed by atoms with Crippen LogP contribution >= 0.6 is 15.9 Å². The van der Waals surface area contributed by atoms with Crippen LogP contribution in [0, 0.1) is 0 Å². The van der Waals surface area contributed by atoms with Gasteiger partial charge in [-0.15, -0.1) is 0 Å². The smallest absolute Gasteiger partial charge is 0.410 e. The first-order valence-electron chi connectivity index (χ1n) is 9.54. The van der Waals surface area contributed by atoms with Crippen LogP contribution in [-0.2, 0) is 19.9 Å². The first-order valence-corrected chi connectivity index (χ1v) is 10.3. The number of aliphatic carboxylic acids is 1. The summed E-state index contributed by atoms with van der Waals surface area (Å²) in [6.45, 7) is 5.32. The van der Waals surface area contributed by atoms with Crippen LogP contribution in [0.1, 0.15) is 58.4 Å². The Morgan fingerprint density at radius 1 is 1.32 bits per heavy atom. The van der Waals surface area contributed by atoms with Crippen molar-refractivity contribution in [3.63, 3.8) is 0 Å². The summed E-state index contributed by atoms with van der Waals surface area (Å²) >= 11 is 3.48. The predicted molar refractivity (Wildman–Crippen MR) is 106 cm³/mol. The Morgan fingerprint density at radius 3 is 2.57 bits per heavy atom. The Bertz CT molecular complexity index is 757. The number of rotatable bonds is 4. The van der Waals surface area contributed by atoms with E-state index in [2.05, 4.69) is 20.9 Å². The van der Waals surface area contributed by atoms with Crippen molar-refractivity contribution in [1.82, 2.24) is 9.88 Å². The molecule has 1 aromatic rings. The Labute approximate surface area is 173 Å². The first kappa shape index (κ1) is 21.0. The van der Waals surface area contributed by atoms with E-state index in [0.29, 0.717) is 11.0 Å². The number of likely N-dealkylation sites (tertiary alicyclic amines) is 1. The molecule has 1 aromatic heterocycles. The van der Waals surface area contributed by atoms with Crippen LogP contribution in [0.5, 0.6) is 0 Å². The quantitative estimate of drug-likeness (QED) is 0.688. The van der Waals surface area contributed by atoms with Gasteiger partial charge in [-0.05, 0) is 55.6 Å². The SMILES string of the molecule is CC(C)(C)OC(=O)N1CC(OCC(=O)O)(c2cccnc2Br)CC12CCCC2. The molecule has 1 spiro atoms. The molecule has 1 amide bonds. The maximum absolute atomic E-state index is 13.1. The van der Waals surface area contributed by atoms with Crippen molar-refractivity contribution >= 4 is 28.0 Å². The molecule has 1 unspecified atom stereocenters. The summed E-state index contributed by atoms with van der Waals surface area (Å²) in [7, 11) is 0. The number of aromatic nitrogens is 1. The third-order valence-electron chi connectivity index (χ3n) is 5.47. The average molecular weight is 455 g/mol. The summed E-state index contributed by atoms with van der Waals surface area (Å²) in [5, 5.41) is 9.23. The Hall–Kier alpha value is -1.67. The fraction of sp³-hybridized carbons (Fsp3) is 0.650. The largest absolute Gasteiger partial charge is 0.480 e. The second-order valence-corrected chi connectivity index (χ2v) is 9.44. The van der Waals surface area contributed by atoms with Gasteiger partial charge in [0, 0.05) is 23.7 Å². The van der Waals surface area contributed by atoms with Crippen LogP contribution in [0.15, 0.2) is 22.9 Å². The molecule has 0 radical (unpaired) electrons. The topological polar surface area (TPSA) is 89.0 Å². The van der Waals surface area contributed by atoms with Gasteiger partial charge in [0.2, 0.25) is 0 Å². The Balaban J connectivity index is 2.02. The van der Waals surface area contributed by atoms with Crippen molar-refractivity contribution in [2.24, 2.45) is 0 Å². The summed E-state index contributed by atoms with van der Waals surface area (Å²) in [4.78, 5) is 30.4. The monoisotopic (exact) mass is 454 g/mol. The third kappa shape index (κ3) is 4.17. The van der Waals surface area contributed by atoms with Crippen molar-refractivity contribution in [1.29, 1.82) is 0 Å². The van der Waals surface area contributed by atoms with Crippen LogP contribution in [0.3, 0.4) is 0 Å². The molecule has 1 atom stereocenters. The minimum atomic E-state index is -1.05. The molecule has 2 aliphatic rings. The van der Waals surface area contributed by atoms with E-state index in [1.165, 1.54) is 0 Å². The van der Waals surface area contributed by atoms with Gasteiger partial charge in [0.15, 0.2) is 0 Å². The number of carboxylic acid groups (broad SMARTS) is 1. The van der Waals surface area contributed by atoms with Gasteiger partial charge in [-0.3, -0.25) is 4.90 Å². The second-order valence-electron chi connectivity index (χ2n) is 8.69. The van der Waals surface area contributed by atoms with Gasteiger partial charge in [0.25, 0.3) is 0 Å². The second kappa shape index (κ2) is 7.63. The molecular formula is C20H27BrN2O5. The highest BCUT2D eigenvalue weighted by molar-refractivity contribution is 9.10. The van der Waals surface area contributed by atoms with Crippen molar-refractivity contribution in [2.75, 3.05) is 13.2 Å². The third-order valence-corrected chi connectivity index (χ3v) is 6.10. The minimum absolute atomic E-state index is 0.236. The van der Waals surface area contributed by atoms with Crippen molar-refractivity contribution in [3.8, 4) is 0 Å². The summed E-state index contributed by atoms with van der Waals surface area (Å²) in [6.07, 6.45) is 5.53. The highest BCUT2D eigenvalue weighted by Gasteiger charge is 2.59. The number of carbonyl (C=O) groups is 2. The number of nitrogens with zero attached hydrogens (tertiary/aromatic N) is 2. The van der Waals surface area contributed by atoms with Gasteiger partial charge in [0.1, 0.15) is 22.4 Å². The van der Waals surface area contributed by atoms with E-state index in [4.69, 9.17) is 9.47 Å². The summed E-state index contributed by atoms with van der Waals surface area (Å²) in [5.41, 5.74) is -1.20. The van der Waals surface area contributed by atoms with Crippen LogP contribution in [0.2, 0.25) is 0 Å². The molecule has 2 heterocycles. The molecule has 8 heteroatoms. The van der Waals surface area contributed by atoms with Gasteiger partial charge in [-0.2, -0.15) is 0 Å². The lowest BCUT2D eigenvalue weighted by Gasteiger charge is -2.35. The zero-order valence-corrected chi connectivity index (χ0v) is 18.1. The molecule has 154 valence electrons. The number of hydrogen-bond donors (Lipinski definition) is 1. The molecule has 0 bridgehead atoms. The summed E-state index contributed by atoms with van der Waals surface area (Å²) < 4.78 is 12.3. The van der Waals surface area contributed by atoms with Crippen molar-refractivity contribution < 1.29 is 24.2 Å². The fourth-order valence-corrected chi connectivity index (χ4v) is 5.05. The van der Waals surface area contributed by atoms with Crippen LogP contribution < -0.4 is 0 Å². The number of halogens is 1.